The molecule has 9 aromatic rings. The molecule has 0 amide bonds. The van der Waals surface area contributed by atoms with E-state index in [1.807, 2.05) is 24.3 Å². The van der Waals surface area contributed by atoms with Crippen LogP contribution in [0.2, 0.25) is 0 Å². The van der Waals surface area contributed by atoms with Crippen LogP contribution in [0, 0.1) is 0 Å². The molecule has 0 saturated carbocycles. The van der Waals surface area contributed by atoms with Crippen molar-refractivity contribution in [2.45, 2.75) is 5.41 Å². The summed E-state index contributed by atoms with van der Waals surface area (Å²) in [5.41, 5.74) is 17.4. The van der Waals surface area contributed by atoms with Gasteiger partial charge in [-0.15, -0.1) is 0 Å². The lowest BCUT2D eigenvalue weighted by atomic mass is 9.70. The highest BCUT2D eigenvalue weighted by Crippen LogP contribution is 2.63. The van der Waals surface area contributed by atoms with Crippen LogP contribution in [0.25, 0.3) is 78.7 Å². The molecule has 1 spiro atoms. The van der Waals surface area contributed by atoms with Crippen molar-refractivity contribution in [1.82, 2.24) is 15.0 Å². The van der Waals surface area contributed by atoms with Gasteiger partial charge in [0.25, 0.3) is 0 Å². The Kier molecular flexibility index (Phi) is 7.08. The third kappa shape index (κ3) is 4.80. The van der Waals surface area contributed by atoms with Gasteiger partial charge in [-0.3, -0.25) is 0 Å². The van der Waals surface area contributed by atoms with Crippen molar-refractivity contribution in [2.24, 2.45) is 0 Å². The van der Waals surface area contributed by atoms with Gasteiger partial charge in [0.1, 0.15) is 0 Å². The third-order valence-corrected chi connectivity index (χ3v) is 11.4. The van der Waals surface area contributed by atoms with Crippen LogP contribution in [0.15, 0.2) is 200 Å². The number of fused-ring (bicyclic) bond motifs is 10. The topological polar surface area (TPSA) is 38.7 Å². The van der Waals surface area contributed by atoms with Gasteiger partial charge < -0.3 is 0 Å². The summed E-state index contributed by atoms with van der Waals surface area (Å²) >= 11 is 0. The zero-order valence-corrected chi connectivity index (χ0v) is 29.9. The fraction of sp³-hybridized carbons (Fsp3) is 0.0192. The van der Waals surface area contributed by atoms with E-state index in [-0.39, 0.29) is 0 Å². The Hall–Kier alpha value is -7.23. The van der Waals surface area contributed by atoms with E-state index in [0.29, 0.717) is 17.5 Å². The second kappa shape index (κ2) is 12.4. The highest BCUT2D eigenvalue weighted by atomic mass is 15.0. The molecule has 0 radical (unpaired) electrons. The van der Waals surface area contributed by atoms with E-state index < -0.39 is 5.41 Å². The third-order valence-electron chi connectivity index (χ3n) is 11.4. The number of aromatic nitrogens is 3. The molecule has 2 aliphatic carbocycles. The van der Waals surface area contributed by atoms with Gasteiger partial charge in [-0.05, 0) is 72.8 Å². The fourth-order valence-corrected chi connectivity index (χ4v) is 8.98. The van der Waals surface area contributed by atoms with E-state index in [2.05, 4.69) is 176 Å². The summed E-state index contributed by atoms with van der Waals surface area (Å²) in [6.07, 6.45) is 0. The monoisotopic (exact) mass is 699 g/mol. The zero-order valence-electron chi connectivity index (χ0n) is 29.9. The lowest BCUT2D eigenvalue weighted by Crippen LogP contribution is -2.25. The SMILES string of the molecule is c1ccc(-c2ccc(-c3nc(-c4ccccc4)nc(-c4ccccc4-c4ccc5c(c4)C4(c6ccccc6-c6ccccc64)c4ccccc4-5)n3)cc2)cc1. The van der Waals surface area contributed by atoms with Gasteiger partial charge in [-0.1, -0.05) is 194 Å². The Bertz CT molecular complexity index is 2850. The first-order valence-electron chi connectivity index (χ1n) is 18.8. The minimum absolute atomic E-state index is 0.420. The van der Waals surface area contributed by atoms with Crippen LogP contribution in [-0.4, -0.2) is 15.0 Å². The van der Waals surface area contributed by atoms with Crippen LogP contribution in [0.5, 0.6) is 0 Å². The van der Waals surface area contributed by atoms with E-state index in [1.54, 1.807) is 0 Å². The van der Waals surface area contributed by atoms with Gasteiger partial charge in [0.15, 0.2) is 17.5 Å². The molecule has 0 N–H and O–H groups in total. The maximum atomic E-state index is 5.20. The Balaban J connectivity index is 1.10. The molecule has 3 heteroatoms. The van der Waals surface area contributed by atoms with Gasteiger partial charge in [-0.25, -0.2) is 15.0 Å². The van der Waals surface area contributed by atoms with Crippen molar-refractivity contribution in [3.63, 3.8) is 0 Å². The normalized spacial score (nSPS) is 12.9. The first-order chi connectivity index (χ1) is 27.3. The standard InChI is InChI=1S/C52H33N3/c1-3-15-34(16-4-1)35-27-29-37(30-28-35)50-53-49(36-17-5-2-6-18-36)54-51(55-50)44-23-8-7-19-39(44)38-31-32-43-42-22-11-14-26-47(42)52(48(43)33-38)45-24-12-9-20-40(45)41-21-10-13-25-46(41)52/h1-33H. The average Bonchev–Trinajstić information content (AvgIpc) is 3.74. The van der Waals surface area contributed by atoms with Crippen molar-refractivity contribution in [3.8, 4) is 78.7 Å². The van der Waals surface area contributed by atoms with Crippen molar-refractivity contribution in [3.05, 3.63) is 222 Å². The van der Waals surface area contributed by atoms with Gasteiger partial charge >= 0.3 is 0 Å². The smallest absolute Gasteiger partial charge is 0.164 e. The maximum absolute atomic E-state index is 5.20. The van der Waals surface area contributed by atoms with Crippen molar-refractivity contribution in [2.75, 3.05) is 0 Å². The van der Waals surface area contributed by atoms with Crippen LogP contribution < -0.4 is 0 Å². The minimum Gasteiger partial charge on any atom is -0.208 e. The molecule has 0 atom stereocenters. The van der Waals surface area contributed by atoms with Crippen molar-refractivity contribution >= 4 is 0 Å². The van der Waals surface area contributed by atoms with E-state index >= 15 is 0 Å². The highest BCUT2D eigenvalue weighted by Gasteiger charge is 2.51. The Morgan fingerprint density at radius 2 is 0.600 bits per heavy atom. The lowest BCUT2D eigenvalue weighted by Gasteiger charge is -2.30. The lowest BCUT2D eigenvalue weighted by molar-refractivity contribution is 0.794. The first kappa shape index (κ1) is 31.3. The predicted octanol–water partition coefficient (Wildman–Crippen LogP) is 12.6. The minimum atomic E-state index is -0.420. The molecule has 0 aliphatic heterocycles. The molecule has 8 aromatic carbocycles. The van der Waals surface area contributed by atoms with Gasteiger partial charge in [0.05, 0.1) is 5.41 Å². The molecule has 0 unspecified atom stereocenters. The Morgan fingerprint density at radius 1 is 0.236 bits per heavy atom. The van der Waals surface area contributed by atoms with Crippen LogP contribution in [-0.2, 0) is 5.41 Å². The molecule has 1 heterocycles. The molecule has 55 heavy (non-hydrogen) atoms. The number of nitrogens with zero attached hydrogens (tertiary/aromatic N) is 3. The molecule has 0 saturated heterocycles. The largest absolute Gasteiger partial charge is 0.208 e. The summed E-state index contributed by atoms with van der Waals surface area (Å²) in [7, 11) is 0. The summed E-state index contributed by atoms with van der Waals surface area (Å²) < 4.78 is 0. The summed E-state index contributed by atoms with van der Waals surface area (Å²) in [6, 6.07) is 71.5. The van der Waals surface area contributed by atoms with Gasteiger partial charge in [-0.2, -0.15) is 0 Å². The summed E-state index contributed by atoms with van der Waals surface area (Å²) in [5.74, 6) is 1.92. The highest BCUT2D eigenvalue weighted by molar-refractivity contribution is 5.96. The van der Waals surface area contributed by atoms with Crippen LogP contribution >= 0.6 is 0 Å². The molecular formula is C52H33N3. The van der Waals surface area contributed by atoms with E-state index in [4.69, 9.17) is 15.0 Å². The second-order valence-corrected chi connectivity index (χ2v) is 14.3. The quantitative estimate of drug-likeness (QED) is 0.179. The summed E-state index contributed by atoms with van der Waals surface area (Å²) in [5, 5.41) is 0. The zero-order chi connectivity index (χ0) is 36.3. The van der Waals surface area contributed by atoms with E-state index in [9.17, 15) is 0 Å². The van der Waals surface area contributed by atoms with Crippen LogP contribution in [0.3, 0.4) is 0 Å². The molecule has 0 fully saturated rings. The molecule has 3 nitrogen and oxygen atoms in total. The fourth-order valence-electron chi connectivity index (χ4n) is 8.98. The van der Waals surface area contributed by atoms with Crippen molar-refractivity contribution < 1.29 is 0 Å². The average molecular weight is 700 g/mol. The molecule has 0 bridgehead atoms. The first-order valence-corrected chi connectivity index (χ1v) is 18.8. The van der Waals surface area contributed by atoms with Gasteiger partial charge in [0.2, 0.25) is 0 Å². The predicted molar refractivity (Wildman–Crippen MR) is 223 cm³/mol. The molecule has 11 rings (SSSR count). The molecular weight excluding hydrogens is 667 g/mol. The Morgan fingerprint density at radius 3 is 1.16 bits per heavy atom. The van der Waals surface area contributed by atoms with Crippen molar-refractivity contribution in [1.29, 1.82) is 0 Å². The van der Waals surface area contributed by atoms with Crippen LogP contribution in [0.1, 0.15) is 22.3 Å². The Labute approximate surface area is 320 Å². The molecule has 256 valence electrons. The maximum Gasteiger partial charge on any atom is 0.164 e. The van der Waals surface area contributed by atoms with Crippen LogP contribution in [0.4, 0.5) is 0 Å². The van der Waals surface area contributed by atoms with E-state index in [1.165, 1.54) is 50.1 Å². The molecule has 1 aromatic heterocycles. The summed E-state index contributed by atoms with van der Waals surface area (Å²) in [6.45, 7) is 0. The van der Waals surface area contributed by atoms with E-state index in [0.717, 1.165) is 33.4 Å². The summed E-state index contributed by atoms with van der Waals surface area (Å²) in [4.78, 5) is 15.4. The second-order valence-electron chi connectivity index (χ2n) is 14.3. The number of hydrogen-bond acceptors (Lipinski definition) is 3. The van der Waals surface area contributed by atoms with Gasteiger partial charge in [0, 0.05) is 16.7 Å². The number of rotatable bonds is 5. The molecule has 2 aliphatic rings. The number of benzene rings is 8. The number of hydrogen-bond donors (Lipinski definition) is 0.